The van der Waals surface area contributed by atoms with Gasteiger partial charge >= 0.3 is 0 Å². The van der Waals surface area contributed by atoms with E-state index in [-0.39, 0.29) is 18.2 Å². The summed E-state index contributed by atoms with van der Waals surface area (Å²) in [4.78, 5) is 29.3. The number of benzene rings is 1. The Morgan fingerprint density at radius 3 is 2.74 bits per heavy atom. The lowest BCUT2D eigenvalue weighted by atomic mass is 10.0. The Bertz CT molecular complexity index is 716. The van der Waals surface area contributed by atoms with Gasteiger partial charge < -0.3 is 10.6 Å². The highest BCUT2D eigenvalue weighted by Crippen LogP contribution is 2.29. The van der Waals surface area contributed by atoms with E-state index in [0.717, 1.165) is 24.1 Å². The van der Waals surface area contributed by atoms with Gasteiger partial charge in [-0.3, -0.25) is 9.59 Å². The minimum Gasteiger partial charge on any atom is -0.326 e. The molecule has 120 valence electrons. The SMILES string of the molecule is CC(=O)Nc1ccccc1CC(=O)Nc1nc2c(s1)CCCC2. The first-order valence-electron chi connectivity index (χ1n) is 7.76. The van der Waals surface area contributed by atoms with Crippen LogP contribution < -0.4 is 10.6 Å². The summed E-state index contributed by atoms with van der Waals surface area (Å²) in [5.41, 5.74) is 2.60. The fraction of sp³-hybridized carbons (Fsp3) is 0.353. The van der Waals surface area contributed by atoms with Crippen molar-refractivity contribution in [2.45, 2.75) is 39.0 Å². The number of hydrogen-bond donors (Lipinski definition) is 2. The predicted molar refractivity (Wildman–Crippen MR) is 91.8 cm³/mol. The summed E-state index contributed by atoms with van der Waals surface area (Å²) in [6.45, 7) is 1.46. The van der Waals surface area contributed by atoms with Crippen LogP contribution in [0.5, 0.6) is 0 Å². The largest absolute Gasteiger partial charge is 0.326 e. The van der Waals surface area contributed by atoms with Crippen molar-refractivity contribution in [2.75, 3.05) is 10.6 Å². The van der Waals surface area contributed by atoms with Gasteiger partial charge in [0.1, 0.15) is 0 Å². The van der Waals surface area contributed by atoms with E-state index in [2.05, 4.69) is 15.6 Å². The third-order valence-corrected chi connectivity index (χ3v) is 4.84. The molecule has 6 heteroatoms. The monoisotopic (exact) mass is 329 g/mol. The molecule has 0 atom stereocenters. The Labute approximate surface area is 139 Å². The molecule has 1 aromatic carbocycles. The van der Waals surface area contributed by atoms with Crippen LogP contribution in [0.15, 0.2) is 24.3 Å². The summed E-state index contributed by atoms with van der Waals surface area (Å²) in [6.07, 6.45) is 4.66. The molecule has 23 heavy (non-hydrogen) atoms. The van der Waals surface area contributed by atoms with Crippen molar-refractivity contribution >= 4 is 34.0 Å². The number of carbonyl (C=O) groups is 2. The van der Waals surface area contributed by atoms with Gasteiger partial charge in [0, 0.05) is 17.5 Å². The Morgan fingerprint density at radius 2 is 1.96 bits per heavy atom. The van der Waals surface area contributed by atoms with E-state index in [0.29, 0.717) is 10.8 Å². The molecule has 0 spiro atoms. The van der Waals surface area contributed by atoms with Gasteiger partial charge in [-0.15, -0.1) is 11.3 Å². The average Bonchev–Trinajstić information content (AvgIpc) is 2.90. The highest BCUT2D eigenvalue weighted by atomic mass is 32.1. The number of amides is 2. The molecule has 1 heterocycles. The van der Waals surface area contributed by atoms with Crippen LogP contribution in [0, 0.1) is 0 Å². The number of hydrogen-bond acceptors (Lipinski definition) is 4. The number of aryl methyl sites for hydroxylation is 2. The standard InChI is InChI=1S/C17H19N3O2S/c1-11(21)18-13-7-3-2-6-12(13)10-16(22)20-17-19-14-8-4-5-9-15(14)23-17/h2-3,6-7H,4-5,8-10H2,1H3,(H,18,21)(H,19,20,22). The summed E-state index contributed by atoms with van der Waals surface area (Å²) >= 11 is 1.58. The van der Waals surface area contributed by atoms with Gasteiger partial charge in [-0.05, 0) is 37.3 Å². The van der Waals surface area contributed by atoms with E-state index in [1.807, 2.05) is 18.2 Å². The molecule has 3 rings (SSSR count). The fourth-order valence-corrected chi connectivity index (χ4v) is 3.79. The molecular formula is C17H19N3O2S. The zero-order chi connectivity index (χ0) is 16.2. The van der Waals surface area contributed by atoms with Crippen LogP contribution >= 0.6 is 11.3 Å². The van der Waals surface area contributed by atoms with Crippen molar-refractivity contribution in [1.82, 2.24) is 4.98 Å². The van der Waals surface area contributed by atoms with Crippen LogP contribution in [-0.4, -0.2) is 16.8 Å². The molecule has 1 aliphatic rings. The fourth-order valence-electron chi connectivity index (χ4n) is 2.73. The molecule has 0 aliphatic heterocycles. The lowest BCUT2D eigenvalue weighted by molar-refractivity contribution is -0.116. The molecule has 0 saturated heterocycles. The quantitative estimate of drug-likeness (QED) is 0.905. The van der Waals surface area contributed by atoms with Crippen molar-refractivity contribution in [2.24, 2.45) is 0 Å². The number of rotatable bonds is 4. The van der Waals surface area contributed by atoms with Crippen LogP contribution in [0.2, 0.25) is 0 Å². The van der Waals surface area contributed by atoms with E-state index in [9.17, 15) is 9.59 Å². The summed E-state index contributed by atoms with van der Waals surface area (Å²) in [7, 11) is 0. The van der Waals surface area contributed by atoms with Gasteiger partial charge in [0.15, 0.2) is 5.13 Å². The summed E-state index contributed by atoms with van der Waals surface area (Å²) in [6, 6.07) is 7.33. The lowest BCUT2D eigenvalue weighted by Gasteiger charge is -2.09. The maximum atomic E-state index is 12.3. The van der Waals surface area contributed by atoms with Crippen molar-refractivity contribution in [3.63, 3.8) is 0 Å². The van der Waals surface area contributed by atoms with E-state index in [1.54, 1.807) is 17.4 Å². The number of nitrogens with zero attached hydrogens (tertiary/aromatic N) is 1. The second-order valence-corrected chi connectivity index (χ2v) is 6.74. The summed E-state index contributed by atoms with van der Waals surface area (Å²) in [5.74, 6) is -0.264. The molecule has 1 aromatic heterocycles. The average molecular weight is 329 g/mol. The van der Waals surface area contributed by atoms with Crippen molar-refractivity contribution < 1.29 is 9.59 Å². The highest BCUT2D eigenvalue weighted by Gasteiger charge is 2.17. The number of nitrogens with one attached hydrogen (secondary N) is 2. The number of thiazole rings is 1. The smallest absolute Gasteiger partial charge is 0.230 e. The van der Waals surface area contributed by atoms with Crippen LogP contribution in [0.3, 0.4) is 0 Å². The molecule has 0 fully saturated rings. The van der Waals surface area contributed by atoms with Gasteiger partial charge in [-0.2, -0.15) is 0 Å². The minimum atomic E-state index is -0.148. The second kappa shape index (κ2) is 6.91. The van der Waals surface area contributed by atoms with E-state index >= 15 is 0 Å². The minimum absolute atomic E-state index is 0.117. The van der Waals surface area contributed by atoms with Gasteiger partial charge in [0.2, 0.25) is 11.8 Å². The molecule has 2 amide bonds. The normalized spacial score (nSPS) is 13.3. The zero-order valence-electron chi connectivity index (χ0n) is 13.0. The molecule has 2 aromatic rings. The first-order chi connectivity index (χ1) is 11.1. The molecule has 5 nitrogen and oxygen atoms in total. The maximum Gasteiger partial charge on any atom is 0.230 e. The third-order valence-electron chi connectivity index (χ3n) is 3.77. The second-order valence-electron chi connectivity index (χ2n) is 5.66. The number of para-hydroxylation sites is 1. The van der Waals surface area contributed by atoms with Crippen LogP contribution in [0.4, 0.5) is 10.8 Å². The van der Waals surface area contributed by atoms with Gasteiger partial charge in [-0.1, -0.05) is 18.2 Å². The molecule has 0 bridgehead atoms. The van der Waals surface area contributed by atoms with E-state index in [4.69, 9.17) is 0 Å². The van der Waals surface area contributed by atoms with Gasteiger partial charge in [-0.25, -0.2) is 4.98 Å². The molecule has 0 saturated carbocycles. The van der Waals surface area contributed by atoms with Gasteiger partial charge in [0.05, 0.1) is 12.1 Å². The molecule has 0 radical (unpaired) electrons. The summed E-state index contributed by atoms with van der Waals surface area (Å²) in [5, 5.41) is 6.31. The number of aromatic nitrogens is 1. The number of carbonyl (C=O) groups excluding carboxylic acids is 2. The Morgan fingerprint density at radius 1 is 1.17 bits per heavy atom. The van der Waals surface area contributed by atoms with Crippen molar-refractivity contribution in [3.05, 3.63) is 40.4 Å². The lowest BCUT2D eigenvalue weighted by Crippen LogP contribution is -2.16. The first kappa shape index (κ1) is 15.7. The van der Waals surface area contributed by atoms with Crippen LogP contribution in [-0.2, 0) is 28.9 Å². The predicted octanol–water partition coefficient (Wildman–Crippen LogP) is 3.16. The van der Waals surface area contributed by atoms with E-state index in [1.165, 1.54) is 24.6 Å². The van der Waals surface area contributed by atoms with Crippen molar-refractivity contribution in [3.8, 4) is 0 Å². The molecule has 2 N–H and O–H groups in total. The number of fused-ring (bicyclic) bond motifs is 1. The van der Waals surface area contributed by atoms with Gasteiger partial charge in [0.25, 0.3) is 0 Å². The molecule has 1 aliphatic carbocycles. The first-order valence-corrected chi connectivity index (χ1v) is 8.57. The topological polar surface area (TPSA) is 71.1 Å². The Kier molecular flexibility index (Phi) is 4.71. The molecular weight excluding hydrogens is 310 g/mol. The van der Waals surface area contributed by atoms with Crippen molar-refractivity contribution in [1.29, 1.82) is 0 Å². The Hall–Kier alpha value is -2.21. The Balaban J connectivity index is 1.68. The highest BCUT2D eigenvalue weighted by molar-refractivity contribution is 7.15. The van der Waals surface area contributed by atoms with E-state index < -0.39 is 0 Å². The molecule has 0 unspecified atom stereocenters. The van der Waals surface area contributed by atoms with Crippen LogP contribution in [0.1, 0.15) is 35.9 Å². The summed E-state index contributed by atoms with van der Waals surface area (Å²) < 4.78 is 0. The maximum absolute atomic E-state index is 12.3. The third kappa shape index (κ3) is 3.96. The zero-order valence-corrected chi connectivity index (χ0v) is 13.8. The number of anilines is 2. The van der Waals surface area contributed by atoms with Crippen LogP contribution in [0.25, 0.3) is 0 Å².